The summed E-state index contributed by atoms with van der Waals surface area (Å²) in [7, 11) is 0. The molecule has 8 nitrogen and oxygen atoms in total. The maximum absolute atomic E-state index is 14.0. The van der Waals surface area contributed by atoms with Gasteiger partial charge >= 0.3 is 6.03 Å². The van der Waals surface area contributed by atoms with Gasteiger partial charge in [0.2, 0.25) is 5.91 Å². The lowest BCUT2D eigenvalue weighted by Gasteiger charge is -2.43. The number of hydrogen-bond donors (Lipinski definition) is 2. The molecule has 3 aromatic carbocycles. The molecule has 0 radical (unpaired) electrons. The van der Waals surface area contributed by atoms with Gasteiger partial charge in [0.1, 0.15) is 12.1 Å². The smallest absolute Gasteiger partial charge is 0.321 e. The normalized spacial score (nSPS) is 17.2. The van der Waals surface area contributed by atoms with Gasteiger partial charge in [-0.25, -0.2) is 4.79 Å². The second-order valence-corrected chi connectivity index (χ2v) is 10.8. The van der Waals surface area contributed by atoms with Crippen molar-refractivity contribution in [1.82, 2.24) is 15.1 Å². The third kappa shape index (κ3) is 5.39. The highest BCUT2D eigenvalue weighted by Crippen LogP contribution is 2.39. The van der Waals surface area contributed by atoms with Gasteiger partial charge in [0.25, 0.3) is 5.91 Å². The Morgan fingerprint density at radius 2 is 1.55 bits per heavy atom. The number of anilines is 2. The number of nitrogens with one attached hydrogen (secondary N) is 2. The summed E-state index contributed by atoms with van der Waals surface area (Å²) in [5.74, 6) is -0.256. The van der Waals surface area contributed by atoms with E-state index in [2.05, 4.69) is 15.5 Å². The van der Waals surface area contributed by atoms with Crippen LogP contribution in [-0.2, 0) is 9.59 Å². The zero-order valence-electron chi connectivity index (χ0n) is 23.4. The van der Waals surface area contributed by atoms with Crippen molar-refractivity contribution < 1.29 is 14.4 Å². The monoisotopic (exact) mass is 539 g/mol. The molecule has 2 aliphatic rings. The number of hydrogen-bond acceptors (Lipinski definition) is 4. The van der Waals surface area contributed by atoms with Crippen LogP contribution in [0.25, 0.3) is 0 Å². The average Bonchev–Trinajstić information content (AvgIpc) is 3.22. The summed E-state index contributed by atoms with van der Waals surface area (Å²) in [5, 5.41) is 6.08. The standard InChI is InChI=1S/C32H37N5O3/c1-23-11-10-16-28(24(23)2)34-31(40)35-19-17-32(18-20-35)30(39)36(22-37(32)27-14-8-5-9-15-27)21-29(38)33-25(3)26-12-6-4-7-13-26/h4-16,25H,17-22H2,1-3H3,(H,33,38)(H,34,40). The summed E-state index contributed by atoms with van der Waals surface area (Å²) in [5.41, 5.74) is 4.11. The van der Waals surface area contributed by atoms with Gasteiger partial charge in [0.05, 0.1) is 12.7 Å². The van der Waals surface area contributed by atoms with Crippen molar-refractivity contribution in [1.29, 1.82) is 0 Å². The molecular formula is C32H37N5O3. The number of rotatable bonds is 6. The van der Waals surface area contributed by atoms with E-state index in [0.29, 0.717) is 32.6 Å². The van der Waals surface area contributed by atoms with E-state index >= 15 is 0 Å². The molecule has 5 rings (SSSR count). The predicted octanol–water partition coefficient (Wildman–Crippen LogP) is 4.85. The second-order valence-electron chi connectivity index (χ2n) is 10.8. The average molecular weight is 540 g/mol. The first kappa shape index (κ1) is 27.2. The highest BCUT2D eigenvalue weighted by molar-refractivity contribution is 5.97. The topological polar surface area (TPSA) is 85.0 Å². The number of urea groups is 1. The number of likely N-dealkylation sites (tertiary alicyclic amines) is 1. The highest BCUT2D eigenvalue weighted by Gasteiger charge is 2.54. The molecule has 0 aromatic heterocycles. The largest absolute Gasteiger partial charge is 0.348 e. The predicted molar refractivity (Wildman–Crippen MR) is 157 cm³/mol. The minimum absolute atomic E-state index is 0.0159. The van der Waals surface area contributed by atoms with Gasteiger partial charge in [-0.05, 0) is 68.5 Å². The van der Waals surface area contributed by atoms with Gasteiger partial charge in [-0.15, -0.1) is 0 Å². The van der Waals surface area contributed by atoms with E-state index in [-0.39, 0.29) is 30.4 Å². The molecule has 2 heterocycles. The minimum atomic E-state index is -0.803. The Morgan fingerprint density at radius 3 is 2.23 bits per heavy atom. The third-order valence-electron chi connectivity index (χ3n) is 8.32. The van der Waals surface area contributed by atoms with Crippen LogP contribution < -0.4 is 15.5 Å². The quantitative estimate of drug-likeness (QED) is 0.469. The number of carbonyl (C=O) groups is 3. The van der Waals surface area contributed by atoms with Crippen molar-refractivity contribution in [3.05, 3.63) is 95.6 Å². The van der Waals surface area contributed by atoms with Crippen molar-refractivity contribution in [3.8, 4) is 0 Å². The van der Waals surface area contributed by atoms with Crippen molar-refractivity contribution in [2.75, 3.05) is 36.5 Å². The minimum Gasteiger partial charge on any atom is -0.348 e. The second kappa shape index (κ2) is 11.4. The zero-order valence-corrected chi connectivity index (χ0v) is 23.4. The molecule has 2 N–H and O–H groups in total. The molecule has 3 aromatic rings. The molecule has 0 saturated carbocycles. The molecule has 1 atom stereocenters. The summed E-state index contributed by atoms with van der Waals surface area (Å²) in [6.07, 6.45) is 0.971. The van der Waals surface area contributed by atoms with Gasteiger partial charge in [0.15, 0.2) is 0 Å². The summed E-state index contributed by atoms with van der Waals surface area (Å²) >= 11 is 0. The Morgan fingerprint density at radius 1 is 0.900 bits per heavy atom. The molecule has 2 aliphatic heterocycles. The molecule has 1 spiro atoms. The Kier molecular flexibility index (Phi) is 7.78. The van der Waals surface area contributed by atoms with Crippen LogP contribution in [0.3, 0.4) is 0 Å². The fraction of sp³-hybridized carbons (Fsp3) is 0.344. The lowest BCUT2D eigenvalue weighted by Crippen LogP contribution is -2.58. The Labute approximate surface area is 236 Å². The SMILES string of the molecule is Cc1cccc(NC(=O)N2CCC3(CC2)C(=O)N(CC(=O)NC(C)c2ccccc2)CN3c2ccccc2)c1C. The van der Waals surface area contributed by atoms with Crippen LogP contribution >= 0.6 is 0 Å². The fourth-order valence-corrected chi connectivity index (χ4v) is 5.77. The maximum Gasteiger partial charge on any atom is 0.321 e. The molecule has 208 valence electrons. The van der Waals surface area contributed by atoms with Crippen LogP contribution in [0.1, 0.15) is 42.5 Å². The van der Waals surface area contributed by atoms with E-state index in [1.165, 1.54) is 0 Å². The lowest BCUT2D eigenvalue weighted by molar-refractivity contribution is -0.137. The maximum atomic E-state index is 14.0. The van der Waals surface area contributed by atoms with Gasteiger partial charge in [-0.1, -0.05) is 60.7 Å². The van der Waals surface area contributed by atoms with Gasteiger partial charge in [-0.3, -0.25) is 9.59 Å². The van der Waals surface area contributed by atoms with E-state index in [9.17, 15) is 14.4 Å². The first-order valence-corrected chi connectivity index (χ1v) is 13.9. The molecule has 4 amide bonds. The van der Waals surface area contributed by atoms with Crippen LogP contribution in [0, 0.1) is 13.8 Å². The third-order valence-corrected chi connectivity index (χ3v) is 8.32. The van der Waals surface area contributed by atoms with E-state index < -0.39 is 5.54 Å². The van der Waals surface area contributed by atoms with Gasteiger partial charge < -0.3 is 25.3 Å². The Balaban J connectivity index is 1.29. The van der Waals surface area contributed by atoms with E-state index in [4.69, 9.17) is 0 Å². The first-order valence-electron chi connectivity index (χ1n) is 13.9. The van der Waals surface area contributed by atoms with Crippen molar-refractivity contribution >= 4 is 29.2 Å². The van der Waals surface area contributed by atoms with Crippen LogP contribution in [0.4, 0.5) is 16.2 Å². The molecule has 2 saturated heterocycles. The number of aryl methyl sites for hydroxylation is 1. The summed E-state index contributed by atoms with van der Waals surface area (Å²) in [6.45, 7) is 7.15. The zero-order chi connectivity index (χ0) is 28.3. The first-order chi connectivity index (χ1) is 19.3. The van der Waals surface area contributed by atoms with Gasteiger partial charge in [-0.2, -0.15) is 0 Å². The van der Waals surface area contributed by atoms with Crippen molar-refractivity contribution in [2.45, 2.75) is 45.2 Å². The molecule has 8 heteroatoms. The summed E-state index contributed by atoms with van der Waals surface area (Å²) in [6, 6.07) is 25.2. The molecule has 1 unspecified atom stereocenters. The molecule has 40 heavy (non-hydrogen) atoms. The van der Waals surface area contributed by atoms with Crippen LogP contribution in [0.15, 0.2) is 78.9 Å². The van der Waals surface area contributed by atoms with E-state index in [1.807, 2.05) is 99.6 Å². The lowest BCUT2D eigenvalue weighted by atomic mass is 9.85. The van der Waals surface area contributed by atoms with Crippen molar-refractivity contribution in [3.63, 3.8) is 0 Å². The van der Waals surface area contributed by atoms with E-state index in [0.717, 1.165) is 28.1 Å². The van der Waals surface area contributed by atoms with Crippen LogP contribution in [0.5, 0.6) is 0 Å². The molecule has 0 aliphatic carbocycles. The Bertz CT molecular complexity index is 1370. The Hall–Kier alpha value is -4.33. The molecule has 0 bridgehead atoms. The fourth-order valence-electron chi connectivity index (χ4n) is 5.77. The number of benzene rings is 3. The number of nitrogens with zero attached hydrogens (tertiary/aromatic N) is 3. The number of piperidine rings is 1. The van der Waals surface area contributed by atoms with E-state index in [1.54, 1.807) is 9.80 Å². The molecular weight excluding hydrogens is 502 g/mol. The van der Waals surface area contributed by atoms with Crippen LogP contribution in [0.2, 0.25) is 0 Å². The summed E-state index contributed by atoms with van der Waals surface area (Å²) < 4.78 is 0. The summed E-state index contributed by atoms with van der Waals surface area (Å²) in [4.78, 5) is 45.7. The van der Waals surface area contributed by atoms with Crippen LogP contribution in [-0.4, -0.2) is 59.5 Å². The number of amides is 4. The number of para-hydroxylation sites is 1. The van der Waals surface area contributed by atoms with Crippen molar-refractivity contribution in [2.24, 2.45) is 0 Å². The number of carbonyl (C=O) groups excluding carboxylic acids is 3. The molecule has 2 fully saturated rings. The highest BCUT2D eigenvalue weighted by atomic mass is 16.2. The van der Waals surface area contributed by atoms with Gasteiger partial charge in [0, 0.05) is 24.5 Å².